The minimum Gasteiger partial charge on any atom is -0.438 e. The van der Waals surface area contributed by atoms with Crippen molar-refractivity contribution < 1.29 is 8.94 Å². The maximum atomic E-state index is 5.23. The Morgan fingerprint density at radius 2 is 2.44 bits per heavy atom. The summed E-state index contributed by atoms with van der Waals surface area (Å²) in [5.41, 5.74) is 0.768. The van der Waals surface area contributed by atoms with E-state index in [2.05, 4.69) is 20.4 Å². The monoisotopic (exact) mass is 248 g/mol. The topological polar surface area (TPSA) is 77.0 Å². The van der Waals surface area contributed by atoms with Crippen LogP contribution in [0.5, 0.6) is 0 Å². The molecular weight excluding hydrogens is 232 g/mol. The van der Waals surface area contributed by atoms with Crippen molar-refractivity contribution >= 4 is 0 Å². The van der Waals surface area contributed by atoms with Crippen LogP contribution in [0.25, 0.3) is 11.7 Å². The number of oxazole rings is 1. The Hall–Kier alpha value is -1.69. The molecule has 1 N–H and O–H groups in total. The van der Waals surface area contributed by atoms with E-state index in [1.54, 1.807) is 0 Å². The van der Waals surface area contributed by atoms with Gasteiger partial charge in [-0.15, -0.1) is 0 Å². The lowest BCUT2D eigenvalue weighted by Crippen LogP contribution is -2.31. The van der Waals surface area contributed by atoms with Gasteiger partial charge < -0.3 is 14.3 Å². The molecule has 0 saturated carbocycles. The van der Waals surface area contributed by atoms with Crippen LogP contribution in [-0.4, -0.2) is 28.2 Å². The number of nitrogens with one attached hydrogen (secondary N) is 1. The zero-order valence-electron chi connectivity index (χ0n) is 10.3. The van der Waals surface area contributed by atoms with Gasteiger partial charge in [0, 0.05) is 6.42 Å². The van der Waals surface area contributed by atoms with Crippen molar-refractivity contribution in [3.63, 3.8) is 0 Å². The second-order valence-corrected chi connectivity index (χ2v) is 4.70. The lowest BCUT2D eigenvalue weighted by atomic mass is 9.96. The van der Waals surface area contributed by atoms with E-state index in [1.807, 2.05) is 6.92 Å². The van der Waals surface area contributed by atoms with Crippen LogP contribution in [0, 0.1) is 12.8 Å². The van der Waals surface area contributed by atoms with Crippen molar-refractivity contribution in [3.8, 4) is 11.7 Å². The first-order valence-corrected chi connectivity index (χ1v) is 6.26. The van der Waals surface area contributed by atoms with E-state index in [0.717, 1.165) is 31.0 Å². The van der Waals surface area contributed by atoms with Crippen molar-refractivity contribution in [2.75, 3.05) is 13.1 Å². The van der Waals surface area contributed by atoms with Crippen LogP contribution in [0.1, 0.15) is 24.4 Å². The third kappa shape index (κ3) is 2.28. The molecule has 0 aliphatic carbocycles. The molecule has 1 saturated heterocycles. The molecule has 0 amide bonds. The number of hydrogen-bond acceptors (Lipinski definition) is 6. The summed E-state index contributed by atoms with van der Waals surface area (Å²) in [6.45, 7) is 4.00. The van der Waals surface area contributed by atoms with Gasteiger partial charge in [0.2, 0.25) is 5.76 Å². The first-order valence-electron chi connectivity index (χ1n) is 6.26. The molecule has 0 aromatic carbocycles. The van der Waals surface area contributed by atoms with Crippen LogP contribution in [0.3, 0.4) is 0 Å². The molecule has 3 rings (SSSR count). The van der Waals surface area contributed by atoms with Crippen LogP contribution in [0.4, 0.5) is 0 Å². The highest BCUT2D eigenvalue weighted by Crippen LogP contribution is 2.22. The molecule has 1 aliphatic rings. The summed E-state index contributed by atoms with van der Waals surface area (Å²) in [7, 11) is 0. The molecule has 0 spiro atoms. The molecule has 0 radical (unpaired) electrons. The van der Waals surface area contributed by atoms with Crippen molar-refractivity contribution in [3.05, 3.63) is 17.9 Å². The Morgan fingerprint density at radius 3 is 3.17 bits per heavy atom. The summed E-state index contributed by atoms with van der Waals surface area (Å²) in [5.74, 6) is 2.33. The zero-order chi connectivity index (χ0) is 12.4. The molecule has 96 valence electrons. The van der Waals surface area contributed by atoms with E-state index in [4.69, 9.17) is 8.94 Å². The van der Waals surface area contributed by atoms with Crippen LogP contribution in [0.2, 0.25) is 0 Å². The third-order valence-corrected chi connectivity index (χ3v) is 3.28. The largest absolute Gasteiger partial charge is 0.438 e. The van der Waals surface area contributed by atoms with Gasteiger partial charge in [-0.3, -0.25) is 0 Å². The fourth-order valence-electron chi connectivity index (χ4n) is 2.29. The molecule has 0 bridgehead atoms. The highest BCUT2D eigenvalue weighted by Gasteiger charge is 2.19. The molecule has 2 aromatic rings. The normalized spacial score (nSPS) is 20.2. The van der Waals surface area contributed by atoms with Gasteiger partial charge in [-0.1, -0.05) is 5.16 Å². The standard InChI is InChI=1S/C12H16N4O2/c1-8-11(17-7-14-8)12-15-10(16-18-12)5-9-3-2-4-13-6-9/h7,9,13H,2-6H2,1H3. The number of aryl methyl sites for hydroxylation is 1. The average molecular weight is 248 g/mol. The molecule has 1 atom stereocenters. The van der Waals surface area contributed by atoms with Crippen LogP contribution >= 0.6 is 0 Å². The van der Waals surface area contributed by atoms with Crippen LogP contribution in [0.15, 0.2) is 15.3 Å². The lowest BCUT2D eigenvalue weighted by molar-refractivity contribution is 0.358. The van der Waals surface area contributed by atoms with Gasteiger partial charge in [0.1, 0.15) is 0 Å². The Balaban J connectivity index is 1.71. The molecule has 6 nitrogen and oxygen atoms in total. The number of piperidine rings is 1. The number of aromatic nitrogens is 3. The summed E-state index contributed by atoms with van der Waals surface area (Å²) in [6.07, 6.45) is 4.68. The highest BCUT2D eigenvalue weighted by molar-refractivity contribution is 5.46. The molecule has 6 heteroatoms. The fraction of sp³-hybridized carbons (Fsp3) is 0.583. The van der Waals surface area contributed by atoms with Crippen molar-refractivity contribution in [2.45, 2.75) is 26.2 Å². The molecular formula is C12H16N4O2. The summed E-state index contributed by atoms with van der Waals surface area (Å²) in [6, 6.07) is 0. The SMILES string of the molecule is Cc1ncoc1-c1nc(CC2CCCNC2)no1. The number of nitrogens with zero attached hydrogens (tertiary/aromatic N) is 3. The molecule has 1 aliphatic heterocycles. The van der Waals surface area contributed by atoms with Gasteiger partial charge in [-0.05, 0) is 38.8 Å². The Labute approximate surface area is 105 Å². The molecule has 3 heterocycles. The summed E-state index contributed by atoms with van der Waals surface area (Å²) in [4.78, 5) is 8.38. The molecule has 18 heavy (non-hydrogen) atoms. The third-order valence-electron chi connectivity index (χ3n) is 3.28. The zero-order valence-corrected chi connectivity index (χ0v) is 10.3. The van der Waals surface area contributed by atoms with Crippen LogP contribution in [-0.2, 0) is 6.42 Å². The van der Waals surface area contributed by atoms with E-state index in [1.165, 1.54) is 19.2 Å². The highest BCUT2D eigenvalue weighted by atomic mass is 16.5. The van der Waals surface area contributed by atoms with Crippen LogP contribution < -0.4 is 5.32 Å². The minimum absolute atomic E-state index is 0.420. The van der Waals surface area contributed by atoms with Gasteiger partial charge in [0.15, 0.2) is 12.2 Å². The van der Waals surface area contributed by atoms with E-state index in [0.29, 0.717) is 17.6 Å². The maximum Gasteiger partial charge on any atom is 0.295 e. The number of hydrogen-bond donors (Lipinski definition) is 1. The second-order valence-electron chi connectivity index (χ2n) is 4.70. The molecule has 2 aromatic heterocycles. The smallest absolute Gasteiger partial charge is 0.295 e. The van der Waals surface area contributed by atoms with Gasteiger partial charge in [0.25, 0.3) is 5.89 Å². The Morgan fingerprint density at radius 1 is 1.50 bits per heavy atom. The summed E-state index contributed by atoms with van der Waals surface area (Å²) in [5, 5.41) is 7.39. The van der Waals surface area contributed by atoms with Crippen molar-refractivity contribution in [1.82, 2.24) is 20.4 Å². The van der Waals surface area contributed by atoms with Gasteiger partial charge in [0.05, 0.1) is 5.69 Å². The lowest BCUT2D eigenvalue weighted by Gasteiger charge is -2.20. The Bertz CT molecular complexity index is 514. The first-order chi connectivity index (χ1) is 8.83. The van der Waals surface area contributed by atoms with Crippen molar-refractivity contribution in [1.29, 1.82) is 0 Å². The van der Waals surface area contributed by atoms with E-state index in [-0.39, 0.29) is 0 Å². The van der Waals surface area contributed by atoms with Crippen molar-refractivity contribution in [2.24, 2.45) is 5.92 Å². The quantitative estimate of drug-likeness (QED) is 0.888. The maximum absolute atomic E-state index is 5.23. The van der Waals surface area contributed by atoms with E-state index >= 15 is 0 Å². The molecule has 1 fully saturated rings. The predicted octanol–water partition coefficient (Wildman–Crippen LogP) is 1.58. The van der Waals surface area contributed by atoms with E-state index in [9.17, 15) is 0 Å². The predicted molar refractivity (Wildman–Crippen MR) is 63.8 cm³/mol. The summed E-state index contributed by atoms with van der Waals surface area (Å²) < 4.78 is 10.5. The van der Waals surface area contributed by atoms with Gasteiger partial charge >= 0.3 is 0 Å². The van der Waals surface area contributed by atoms with Gasteiger partial charge in [-0.2, -0.15) is 4.98 Å². The second kappa shape index (κ2) is 4.89. The Kier molecular flexibility index (Phi) is 3.10. The first kappa shape index (κ1) is 11.4. The molecule has 1 unspecified atom stereocenters. The number of rotatable bonds is 3. The minimum atomic E-state index is 0.420. The summed E-state index contributed by atoms with van der Waals surface area (Å²) >= 11 is 0. The van der Waals surface area contributed by atoms with E-state index < -0.39 is 0 Å². The fourth-order valence-corrected chi connectivity index (χ4v) is 2.29. The van der Waals surface area contributed by atoms with Gasteiger partial charge in [-0.25, -0.2) is 4.98 Å². The average Bonchev–Trinajstić information content (AvgIpc) is 2.99.